The van der Waals surface area contributed by atoms with Gasteiger partial charge < -0.3 is 10.5 Å². The predicted molar refractivity (Wildman–Crippen MR) is 38.1 cm³/mol. The van der Waals surface area contributed by atoms with Crippen LogP contribution in [0.15, 0.2) is 0 Å². The minimum atomic E-state index is -0.214. The van der Waals surface area contributed by atoms with Gasteiger partial charge in [0.25, 0.3) is 0 Å². The lowest BCUT2D eigenvalue weighted by atomic mass is 10.1. The Morgan fingerprint density at radius 3 is 2.40 bits per heavy atom. The summed E-state index contributed by atoms with van der Waals surface area (Å²) in [7, 11) is 1.39. The second-order valence-electron chi connectivity index (χ2n) is 2.85. The monoisotopic (exact) mass is 146 g/mol. The largest absolute Gasteiger partial charge is 0.465 e. The van der Waals surface area contributed by atoms with E-state index in [1.807, 2.05) is 0 Å². The summed E-state index contributed by atoms with van der Waals surface area (Å²) in [6.07, 6.45) is 0.798. The lowest BCUT2D eigenvalue weighted by Gasteiger charge is -2.07. The molecular formula is C7H16NO2+. The number of carbonyl (C=O) groups excluding carboxylic acids is 1. The first-order valence-corrected chi connectivity index (χ1v) is 3.48. The van der Waals surface area contributed by atoms with Crippen LogP contribution in [-0.2, 0) is 9.53 Å². The molecule has 0 aliphatic carbocycles. The predicted octanol–water partition coefficient (Wildman–Crippen LogP) is -0.184. The van der Waals surface area contributed by atoms with E-state index in [2.05, 4.69) is 24.3 Å². The van der Waals surface area contributed by atoms with Crippen LogP contribution in [0, 0.1) is 5.92 Å². The average molecular weight is 146 g/mol. The summed E-state index contributed by atoms with van der Waals surface area (Å²) in [4.78, 5) is 10.8. The van der Waals surface area contributed by atoms with Gasteiger partial charge in [-0.15, -0.1) is 0 Å². The fraction of sp³-hybridized carbons (Fsp3) is 0.857. The lowest BCUT2D eigenvalue weighted by molar-refractivity contribution is -0.410. The van der Waals surface area contributed by atoms with E-state index in [4.69, 9.17) is 0 Å². The van der Waals surface area contributed by atoms with Gasteiger partial charge in [0.2, 0.25) is 0 Å². The Bertz CT molecular complexity index is 112. The molecule has 0 radical (unpaired) electrons. The zero-order chi connectivity index (χ0) is 8.15. The molecule has 10 heavy (non-hydrogen) atoms. The van der Waals surface area contributed by atoms with Crippen molar-refractivity contribution >= 4 is 5.97 Å². The average Bonchev–Trinajstić information content (AvgIpc) is 1.85. The molecule has 0 fully saturated rings. The molecule has 0 saturated heterocycles. The van der Waals surface area contributed by atoms with Crippen molar-refractivity contribution in [3.63, 3.8) is 0 Å². The highest BCUT2D eigenvalue weighted by molar-refractivity contribution is 5.73. The Hall–Kier alpha value is -0.570. The van der Waals surface area contributed by atoms with E-state index in [1.165, 1.54) is 7.11 Å². The molecule has 1 unspecified atom stereocenters. The molecule has 0 rings (SSSR count). The SMILES string of the molecule is COC(=O)C([NH3+])CC(C)C. The van der Waals surface area contributed by atoms with E-state index in [9.17, 15) is 4.79 Å². The number of hydrogen-bond acceptors (Lipinski definition) is 2. The van der Waals surface area contributed by atoms with Crippen LogP contribution in [-0.4, -0.2) is 19.1 Å². The van der Waals surface area contributed by atoms with Gasteiger partial charge in [-0.05, 0) is 5.92 Å². The maximum absolute atomic E-state index is 10.8. The van der Waals surface area contributed by atoms with Crippen molar-refractivity contribution in [1.29, 1.82) is 0 Å². The molecule has 60 valence electrons. The van der Waals surface area contributed by atoms with E-state index in [0.29, 0.717) is 5.92 Å². The second kappa shape index (κ2) is 4.28. The third-order valence-corrected chi connectivity index (χ3v) is 1.29. The van der Waals surface area contributed by atoms with Gasteiger partial charge in [0.1, 0.15) is 0 Å². The number of rotatable bonds is 3. The molecule has 0 aromatic carbocycles. The van der Waals surface area contributed by atoms with Crippen LogP contribution in [0.2, 0.25) is 0 Å². The van der Waals surface area contributed by atoms with Crippen molar-refractivity contribution in [2.45, 2.75) is 26.3 Å². The number of esters is 1. The highest BCUT2D eigenvalue weighted by atomic mass is 16.5. The number of quaternary nitrogens is 1. The summed E-state index contributed by atoms with van der Waals surface area (Å²) >= 11 is 0. The first kappa shape index (κ1) is 9.43. The Balaban J connectivity index is 3.61. The van der Waals surface area contributed by atoms with Crippen molar-refractivity contribution < 1.29 is 15.3 Å². The standard InChI is InChI=1S/C7H15NO2/c1-5(2)4-6(8)7(9)10-3/h5-6H,4,8H2,1-3H3/p+1. The summed E-state index contributed by atoms with van der Waals surface area (Å²) in [5.41, 5.74) is 3.67. The van der Waals surface area contributed by atoms with Gasteiger partial charge in [-0.2, -0.15) is 0 Å². The molecule has 0 saturated carbocycles. The molecule has 0 bridgehead atoms. The van der Waals surface area contributed by atoms with Crippen molar-refractivity contribution in [2.24, 2.45) is 5.92 Å². The van der Waals surface area contributed by atoms with Crippen LogP contribution in [0.1, 0.15) is 20.3 Å². The maximum Gasteiger partial charge on any atom is 0.364 e. The number of carbonyl (C=O) groups is 1. The minimum Gasteiger partial charge on any atom is -0.465 e. The Morgan fingerprint density at radius 2 is 2.10 bits per heavy atom. The fourth-order valence-electron chi connectivity index (χ4n) is 0.832. The number of ether oxygens (including phenoxy) is 1. The van der Waals surface area contributed by atoms with Gasteiger partial charge in [-0.1, -0.05) is 13.8 Å². The van der Waals surface area contributed by atoms with E-state index in [-0.39, 0.29) is 12.0 Å². The molecule has 0 aliphatic rings. The molecule has 0 spiro atoms. The van der Waals surface area contributed by atoms with E-state index >= 15 is 0 Å². The van der Waals surface area contributed by atoms with Crippen LogP contribution in [0.5, 0.6) is 0 Å². The zero-order valence-corrected chi connectivity index (χ0v) is 6.89. The van der Waals surface area contributed by atoms with E-state index in [0.717, 1.165) is 6.42 Å². The molecule has 3 nitrogen and oxygen atoms in total. The van der Waals surface area contributed by atoms with Gasteiger partial charge in [-0.3, -0.25) is 0 Å². The second-order valence-corrected chi connectivity index (χ2v) is 2.85. The molecule has 1 atom stereocenters. The van der Waals surface area contributed by atoms with Crippen LogP contribution >= 0.6 is 0 Å². The summed E-state index contributed by atoms with van der Waals surface area (Å²) in [6.45, 7) is 4.11. The van der Waals surface area contributed by atoms with E-state index < -0.39 is 0 Å². The smallest absolute Gasteiger partial charge is 0.364 e. The number of methoxy groups -OCH3 is 1. The van der Waals surface area contributed by atoms with Crippen molar-refractivity contribution in [2.75, 3.05) is 7.11 Å². The van der Waals surface area contributed by atoms with Gasteiger partial charge >= 0.3 is 5.97 Å². The maximum atomic E-state index is 10.8. The highest BCUT2D eigenvalue weighted by Crippen LogP contribution is 2.01. The van der Waals surface area contributed by atoms with Crippen LogP contribution in [0.3, 0.4) is 0 Å². The van der Waals surface area contributed by atoms with Gasteiger partial charge in [0.05, 0.1) is 7.11 Å². The normalized spacial score (nSPS) is 13.3. The Kier molecular flexibility index (Phi) is 4.03. The van der Waals surface area contributed by atoms with Crippen LogP contribution < -0.4 is 5.73 Å². The van der Waals surface area contributed by atoms with Crippen molar-refractivity contribution in [3.05, 3.63) is 0 Å². The molecule has 0 amide bonds. The molecule has 0 aromatic rings. The molecule has 3 N–H and O–H groups in total. The fourth-order valence-corrected chi connectivity index (χ4v) is 0.832. The number of hydrogen-bond donors (Lipinski definition) is 1. The zero-order valence-electron chi connectivity index (χ0n) is 6.89. The molecule has 3 heteroatoms. The lowest BCUT2D eigenvalue weighted by Crippen LogP contribution is -2.65. The van der Waals surface area contributed by atoms with Crippen molar-refractivity contribution in [1.82, 2.24) is 0 Å². The molecule has 0 heterocycles. The first-order chi connectivity index (χ1) is 4.57. The highest BCUT2D eigenvalue weighted by Gasteiger charge is 2.18. The Labute approximate surface area is 61.5 Å². The summed E-state index contributed by atoms with van der Waals surface area (Å²) < 4.78 is 4.51. The third kappa shape index (κ3) is 3.45. The van der Waals surface area contributed by atoms with Gasteiger partial charge in [0.15, 0.2) is 6.04 Å². The molecule has 0 aromatic heterocycles. The quantitative estimate of drug-likeness (QED) is 0.561. The Morgan fingerprint density at radius 1 is 1.60 bits per heavy atom. The summed E-state index contributed by atoms with van der Waals surface area (Å²) in [6, 6.07) is -0.204. The van der Waals surface area contributed by atoms with Gasteiger partial charge in [0, 0.05) is 6.42 Å². The third-order valence-electron chi connectivity index (χ3n) is 1.29. The van der Waals surface area contributed by atoms with Crippen LogP contribution in [0.4, 0.5) is 0 Å². The molecule has 0 aliphatic heterocycles. The topological polar surface area (TPSA) is 53.9 Å². The van der Waals surface area contributed by atoms with Crippen molar-refractivity contribution in [3.8, 4) is 0 Å². The first-order valence-electron chi connectivity index (χ1n) is 3.48. The summed E-state index contributed by atoms with van der Waals surface area (Å²) in [5.74, 6) is 0.287. The summed E-state index contributed by atoms with van der Waals surface area (Å²) in [5, 5.41) is 0. The minimum absolute atomic E-state index is 0.204. The van der Waals surface area contributed by atoms with E-state index in [1.54, 1.807) is 0 Å². The molecular weight excluding hydrogens is 130 g/mol. The van der Waals surface area contributed by atoms with Gasteiger partial charge in [-0.25, -0.2) is 4.79 Å². The van der Waals surface area contributed by atoms with Crippen LogP contribution in [0.25, 0.3) is 0 Å².